The van der Waals surface area contributed by atoms with Crippen molar-refractivity contribution in [3.63, 3.8) is 0 Å². The van der Waals surface area contributed by atoms with Crippen molar-refractivity contribution in [3.05, 3.63) is 63.9 Å². The van der Waals surface area contributed by atoms with Crippen LogP contribution in [0, 0.1) is 18.8 Å². The monoisotopic (exact) mass is 339 g/mol. The first-order valence-electron chi connectivity index (χ1n) is 9.07. The number of rotatable bonds is 6. The van der Waals surface area contributed by atoms with E-state index in [1.165, 1.54) is 41.0 Å². The molecule has 2 atom stereocenters. The van der Waals surface area contributed by atoms with Crippen LogP contribution in [-0.2, 0) is 6.42 Å². The fraction of sp³-hybridized carbons (Fsp3) is 0.455. The molecule has 0 amide bonds. The summed E-state index contributed by atoms with van der Waals surface area (Å²) in [5.41, 5.74) is 3.07. The molecule has 0 saturated heterocycles. The van der Waals surface area contributed by atoms with Crippen molar-refractivity contribution < 1.29 is 0 Å². The minimum Gasteiger partial charge on any atom is -0.309 e. The van der Waals surface area contributed by atoms with Crippen molar-refractivity contribution in [3.8, 4) is 0 Å². The van der Waals surface area contributed by atoms with Gasteiger partial charge in [0.2, 0.25) is 0 Å². The Morgan fingerprint density at radius 1 is 1.08 bits per heavy atom. The van der Waals surface area contributed by atoms with Gasteiger partial charge in [0.1, 0.15) is 0 Å². The third kappa shape index (κ3) is 4.58. The molecule has 1 aromatic carbocycles. The summed E-state index contributed by atoms with van der Waals surface area (Å²) >= 11 is 1.95. The molecule has 0 aliphatic heterocycles. The molecule has 2 unspecified atom stereocenters. The molecule has 0 spiro atoms. The molecule has 1 aliphatic carbocycles. The summed E-state index contributed by atoms with van der Waals surface area (Å²) in [5, 5.41) is 0. The van der Waals surface area contributed by atoms with Gasteiger partial charge in [-0.2, -0.15) is 0 Å². The lowest BCUT2D eigenvalue weighted by molar-refractivity contribution is 0.304. The molecule has 1 aromatic heterocycles. The van der Waals surface area contributed by atoms with Gasteiger partial charge in [0, 0.05) is 16.3 Å². The second-order valence-electron chi connectivity index (χ2n) is 7.39. The summed E-state index contributed by atoms with van der Waals surface area (Å²) in [6.07, 6.45) is 7.62. The Morgan fingerprint density at radius 2 is 1.88 bits per heavy atom. The molecule has 24 heavy (non-hydrogen) atoms. The molecule has 128 valence electrons. The van der Waals surface area contributed by atoms with Crippen molar-refractivity contribution in [1.29, 1.82) is 0 Å². The van der Waals surface area contributed by atoms with Crippen LogP contribution in [0.15, 0.2) is 48.5 Å². The summed E-state index contributed by atoms with van der Waals surface area (Å²) < 4.78 is 0. The summed E-state index contributed by atoms with van der Waals surface area (Å²) in [5.74, 6) is 1.49. The second-order valence-corrected chi connectivity index (χ2v) is 8.68. The van der Waals surface area contributed by atoms with E-state index in [4.69, 9.17) is 0 Å². The van der Waals surface area contributed by atoms with Crippen LogP contribution in [0.5, 0.6) is 0 Å². The molecular formula is C22H29NS. The van der Waals surface area contributed by atoms with Crippen molar-refractivity contribution in [2.75, 3.05) is 20.6 Å². The minimum atomic E-state index is 0.674. The molecule has 0 saturated carbocycles. The predicted octanol–water partition coefficient (Wildman–Crippen LogP) is 5.66. The number of thiophene rings is 1. The topological polar surface area (TPSA) is 3.24 Å². The fourth-order valence-corrected chi connectivity index (χ4v) is 4.83. The maximum absolute atomic E-state index is 2.54. The molecule has 2 aromatic rings. The Labute approximate surface area is 151 Å². The minimum absolute atomic E-state index is 0.674. The van der Waals surface area contributed by atoms with Crippen molar-refractivity contribution in [2.24, 2.45) is 11.8 Å². The predicted molar refractivity (Wildman–Crippen MR) is 107 cm³/mol. The number of aryl methyl sites for hydroxylation is 2. The zero-order chi connectivity index (χ0) is 16.9. The molecule has 0 bridgehead atoms. The summed E-state index contributed by atoms with van der Waals surface area (Å²) in [7, 11) is 4.40. The smallest absolute Gasteiger partial charge is 0.0305 e. The maximum atomic E-state index is 2.54. The third-order valence-corrected chi connectivity index (χ3v) is 6.07. The van der Waals surface area contributed by atoms with Crippen LogP contribution in [0.2, 0.25) is 0 Å². The Bertz CT molecular complexity index is 668. The van der Waals surface area contributed by atoms with Crippen LogP contribution >= 0.6 is 11.3 Å². The lowest BCUT2D eigenvalue weighted by atomic mass is 9.78. The van der Waals surface area contributed by atoms with E-state index in [0.717, 1.165) is 12.5 Å². The van der Waals surface area contributed by atoms with Gasteiger partial charge in [-0.3, -0.25) is 0 Å². The molecule has 2 heteroatoms. The zero-order valence-corrected chi connectivity index (χ0v) is 16.0. The van der Waals surface area contributed by atoms with Gasteiger partial charge >= 0.3 is 0 Å². The second kappa shape index (κ2) is 8.13. The van der Waals surface area contributed by atoms with Gasteiger partial charge in [-0.25, -0.2) is 0 Å². The molecule has 1 nitrogen and oxygen atoms in total. The van der Waals surface area contributed by atoms with Gasteiger partial charge in [0.05, 0.1) is 0 Å². The molecular weight excluding hydrogens is 310 g/mol. The van der Waals surface area contributed by atoms with Crippen LogP contribution in [-0.4, -0.2) is 25.5 Å². The van der Waals surface area contributed by atoms with E-state index in [1.54, 1.807) is 5.57 Å². The average Bonchev–Trinajstić information content (AvgIpc) is 3.00. The van der Waals surface area contributed by atoms with Crippen LogP contribution < -0.4 is 0 Å². The largest absolute Gasteiger partial charge is 0.309 e. The van der Waals surface area contributed by atoms with E-state index >= 15 is 0 Å². The summed E-state index contributed by atoms with van der Waals surface area (Å²) in [6.45, 7) is 3.37. The zero-order valence-electron chi connectivity index (χ0n) is 15.2. The lowest BCUT2D eigenvalue weighted by Crippen LogP contribution is -2.27. The van der Waals surface area contributed by atoms with Crippen molar-refractivity contribution >= 4 is 16.9 Å². The van der Waals surface area contributed by atoms with Gasteiger partial charge in [-0.1, -0.05) is 36.4 Å². The maximum Gasteiger partial charge on any atom is 0.0305 e. The third-order valence-electron chi connectivity index (χ3n) is 5.02. The Kier molecular flexibility index (Phi) is 5.91. The Hall–Kier alpha value is -1.38. The van der Waals surface area contributed by atoms with Gasteiger partial charge in [-0.15, -0.1) is 11.3 Å². The van der Waals surface area contributed by atoms with Crippen LogP contribution in [0.4, 0.5) is 0 Å². The highest BCUT2D eigenvalue weighted by molar-refractivity contribution is 7.13. The molecule has 3 rings (SSSR count). The highest BCUT2D eigenvalue weighted by Crippen LogP contribution is 2.39. The highest BCUT2D eigenvalue weighted by Gasteiger charge is 2.26. The molecule has 1 heterocycles. The first kappa shape index (κ1) is 17.4. The number of benzene rings is 1. The first-order chi connectivity index (χ1) is 11.6. The van der Waals surface area contributed by atoms with Crippen LogP contribution in [0.1, 0.15) is 34.6 Å². The molecule has 1 aliphatic rings. The van der Waals surface area contributed by atoms with Gasteiger partial charge in [0.25, 0.3) is 0 Å². The van der Waals surface area contributed by atoms with Crippen molar-refractivity contribution in [1.82, 2.24) is 4.90 Å². The van der Waals surface area contributed by atoms with Crippen LogP contribution in [0.3, 0.4) is 0 Å². The highest BCUT2D eigenvalue weighted by atomic mass is 32.1. The first-order valence-corrected chi connectivity index (χ1v) is 9.89. The summed E-state index contributed by atoms with van der Waals surface area (Å²) in [6, 6.07) is 15.5. The number of nitrogens with zero attached hydrogens (tertiary/aromatic N) is 1. The number of hydrogen-bond acceptors (Lipinski definition) is 2. The van der Waals surface area contributed by atoms with Crippen molar-refractivity contribution in [2.45, 2.75) is 32.6 Å². The Morgan fingerprint density at radius 3 is 2.54 bits per heavy atom. The quantitative estimate of drug-likeness (QED) is 0.656. The van der Waals surface area contributed by atoms with Crippen LogP contribution in [0.25, 0.3) is 5.57 Å². The van der Waals surface area contributed by atoms with E-state index in [1.807, 2.05) is 11.3 Å². The molecule has 0 radical (unpaired) electrons. The van der Waals surface area contributed by atoms with Gasteiger partial charge in [0.15, 0.2) is 0 Å². The fourth-order valence-electron chi connectivity index (χ4n) is 3.84. The van der Waals surface area contributed by atoms with E-state index in [-0.39, 0.29) is 0 Å². The van der Waals surface area contributed by atoms with E-state index in [9.17, 15) is 0 Å². The van der Waals surface area contributed by atoms with E-state index in [0.29, 0.717) is 5.92 Å². The van der Waals surface area contributed by atoms with E-state index in [2.05, 4.69) is 74.5 Å². The lowest BCUT2D eigenvalue weighted by Gasteiger charge is -2.31. The standard InChI is InChI=1S/C22H29NS/c1-17-9-14-22(24-17)21-13-12-19(15-20(21)16-23(2)3)11-10-18-7-5-4-6-8-18/h4-9,13-14,19-20H,10-12,15-16H2,1-3H3. The normalized spacial score (nSPS) is 21.1. The number of hydrogen-bond donors (Lipinski definition) is 0. The van der Waals surface area contributed by atoms with Gasteiger partial charge in [-0.05, 0) is 81.8 Å². The molecule has 0 N–H and O–H groups in total. The van der Waals surface area contributed by atoms with Gasteiger partial charge < -0.3 is 4.90 Å². The van der Waals surface area contributed by atoms with E-state index < -0.39 is 0 Å². The molecule has 0 fully saturated rings. The number of allylic oxidation sites excluding steroid dienone is 1. The Balaban J connectivity index is 1.68. The SMILES string of the molecule is Cc1ccc(C2=CCC(CCc3ccccc3)CC2CN(C)C)s1. The summed E-state index contributed by atoms with van der Waals surface area (Å²) in [4.78, 5) is 5.25. The average molecular weight is 340 g/mol.